The van der Waals surface area contributed by atoms with Gasteiger partial charge < -0.3 is 0 Å². The van der Waals surface area contributed by atoms with Crippen LogP contribution in [0.25, 0.3) is 21.9 Å². The Morgan fingerprint density at radius 1 is 0.737 bits per heavy atom. The SMILES string of the molecule is Cc1ccc(-c2ccccc2C#N)c2ccccc12. The van der Waals surface area contributed by atoms with E-state index in [9.17, 15) is 5.26 Å². The van der Waals surface area contributed by atoms with Gasteiger partial charge in [0.1, 0.15) is 0 Å². The van der Waals surface area contributed by atoms with Crippen LogP contribution in [0.1, 0.15) is 11.1 Å². The Balaban J connectivity index is 2.39. The molecule has 0 aliphatic carbocycles. The van der Waals surface area contributed by atoms with Crippen LogP contribution in [0.3, 0.4) is 0 Å². The molecule has 0 amide bonds. The van der Waals surface area contributed by atoms with Crippen molar-refractivity contribution in [2.24, 2.45) is 0 Å². The number of aryl methyl sites for hydroxylation is 1. The smallest absolute Gasteiger partial charge is 0.0998 e. The number of hydrogen-bond donors (Lipinski definition) is 0. The van der Waals surface area contributed by atoms with Crippen molar-refractivity contribution >= 4 is 10.8 Å². The van der Waals surface area contributed by atoms with Gasteiger partial charge in [-0.3, -0.25) is 0 Å². The van der Waals surface area contributed by atoms with Crippen molar-refractivity contribution in [3.63, 3.8) is 0 Å². The molecule has 0 aromatic heterocycles. The molecule has 0 bridgehead atoms. The first-order valence-corrected chi connectivity index (χ1v) is 6.29. The highest BCUT2D eigenvalue weighted by atomic mass is 14.2. The summed E-state index contributed by atoms with van der Waals surface area (Å²) >= 11 is 0. The molecule has 0 atom stereocenters. The van der Waals surface area contributed by atoms with Gasteiger partial charge in [-0.05, 0) is 34.9 Å². The molecule has 0 saturated heterocycles. The lowest BCUT2D eigenvalue weighted by Gasteiger charge is -2.10. The van der Waals surface area contributed by atoms with E-state index in [0.29, 0.717) is 0 Å². The highest BCUT2D eigenvalue weighted by Gasteiger charge is 2.08. The van der Waals surface area contributed by atoms with Gasteiger partial charge in [0.2, 0.25) is 0 Å². The van der Waals surface area contributed by atoms with Gasteiger partial charge in [0.05, 0.1) is 11.6 Å². The van der Waals surface area contributed by atoms with E-state index in [2.05, 4.69) is 43.3 Å². The van der Waals surface area contributed by atoms with Crippen LogP contribution in [0.2, 0.25) is 0 Å². The standard InChI is InChI=1S/C18H13N/c1-13-10-11-18(17-9-5-4-7-15(13)17)16-8-3-2-6-14(16)12-19/h2-11H,1H3. The quantitative estimate of drug-likeness (QED) is 0.608. The summed E-state index contributed by atoms with van der Waals surface area (Å²) in [6, 6.07) is 22.6. The summed E-state index contributed by atoms with van der Waals surface area (Å²) in [5, 5.41) is 11.7. The van der Waals surface area contributed by atoms with E-state index in [4.69, 9.17) is 0 Å². The van der Waals surface area contributed by atoms with Crippen molar-refractivity contribution in [1.29, 1.82) is 5.26 Å². The molecule has 3 aromatic rings. The van der Waals surface area contributed by atoms with Crippen LogP contribution < -0.4 is 0 Å². The van der Waals surface area contributed by atoms with Crippen molar-refractivity contribution < 1.29 is 0 Å². The molecule has 0 unspecified atom stereocenters. The predicted octanol–water partition coefficient (Wildman–Crippen LogP) is 4.69. The van der Waals surface area contributed by atoms with Crippen molar-refractivity contribution in [1.82, 2.24) is 0 Å². The van der Waals surface area contributed by atoms with Gasteiger partial charge in [-0.25, -0.2) is 0 Å². The Labute approximate surface area is 112 Å². The number of benzene rings is 3. The highest BCUT2D eigenvalue weighted by molar-refractivity contribution is 5.99. The molecule has 0 N–H and O–H groups in total. The van der Waals surface area contributed by atoms with E-state index in [1.54, 1.807) is 0 Å². The highest BCUT2D eigenvalue weighted by Crippen LogP contribution is 2.32. The third-order valence-corrected chi connectivity index (χ3v) is 3.48. The molecule has 1 nitrogen and oxygen atoms in total. The lowest BCUT2D eigenvalue weighted by atomic mass is 9.93. The van der Waals surface area contributed by atoms with Crippen molar-refractivity contribution in [2.45, 2.75) is 6.92 Å². The lowest BCUT2D eigenvalue weighted by Crippen LogP contribution is -1.87. The molecule has 0 fully saturated rings. The number of rotatable bonds is 1. The van der Waals surface area contributed by atoms with Crippen molar-refractivity contribution in [3.05, 3.63) is 71.8 Å². The topological polar surface area (TPSA) is 23.8 Å². The van der Waals surface area contributed by atoms with Crippen molar-refractivity contribution in [3.8, 4) is 17.2 Å². The summed E-state index contributed by atoms with van der Waals surface area (Å²) < 4.78 is 0. The minimum absolute atomic E-state index is 0.719. The summed E-state index contributed by atoms with van der Waals surface area (Å²) in [6.45, 7) is 2.11. The Hall–Kier alpha value is -2.59. The second kappa shape index (κ2) is 4.59. The molecule has 0 heterocycles. The van der Waals surface area contributed by atoms with E-state index in [1.807, 2.05) is 30.3 Å². The summed E-state index contributed by atoms with van der Waals surface area (Å²) in [5.41, 5.74) is 4.10. The second-order valence-electron chi connectivity index (χ2n) is 4.63. The maximum absolute atomic E-state index is 9.26. The van der Waals surface area contributed by atoms with Gasteiger partial charge in [0.15, 0.2) is 0 Å². The third kappa shape index (κ3) is 1.88. The van der Waals surface area contributed by atoms with Gasteiger partial charge in [0, 0.05) is 5.56 Å². The monoisotopic (exact) mass is 243 g/mol. The number of fused-ring (bicyclic) bond motifs is 1. The summed E-state index contributed by atoms with van der Waals surface area (Å²) in [7, 11) is 0. The van der Waals surface area contributed by atoms with Crippen LogP contribution in [0.15, 0.2) is 60.7 Å². The molecule has 0 spiro atoms. The molecule has 90 valence electrons. The normalized spacial score (nSPS) is 10.3. The molecule has 0 aliphatic heterocycles. The van der Waals surface area contributed by atoms with Gasteiger partial charge in [-0.15, -0.1) is 0 Å². The van der Waals surface area contributed by atoms with Gasteiger partial charge >= 0.3 is 0 Å². The maximum atomic E-state index is 9.26. The first-order chi connectivity index (χ1) is 9.31. The zero-order valence-corrected chi connectivity index (χ0v) is 10.7. The first-order valence-electron chi connectivity index (χ1n) is 6.29. The number of nitriles is 1. The summed E-state index contributed by atoms with van der Waals surface area (Å²) in [5.74, 6) is 0. The molecule has 3 rings (SSSR count). The zero-order valence-electron chi connectivity index (χ0n) is 10.7. The Morgan fingerprint density at radius 3 is 2.21 bits per heavy atom. The molecule has 0 radical (unpaired) electrons. The van der Waals surface area contributed by atoms with Crippen LogP contribution in [0.4, 0.5) is 0 Å². The fourth-order valence-electron chi connectivity index (χ4n) is 2.50. The van der Waals surface area contributed by atoms with Crippen LogP contribution in [0, 0.1) is 18.3 Å². The Morgan fingerprint density at radius 2 is 1.42 bits per heavy atom. The first kappa shape index (κ1) is 11.5. The maximum Gasteiger partial charge on any atom is 0.0998 e. The lowest BCUT2D eigenvalue weighted by molar-refractivity contribution is 1.47. The minimum atomic E-state index is 0.719. The summed E-state index contributed by atoms with van der Waals surface area (Å²) in [6.07, 6.45) is 0. The van der Waals surface area contributed by atoms with Gasteiger partial charge in [0.25, 0.3) is 0 Å². The largest absolute Gasteiger partial charge is 0.192 e. The molecule has 3 aromatic carbocycles. The molecular weight excluding hydrogens is 230 g/mol. The minimum Gasteiger partial charge on any atom is -0.192 e. The van der Waals surface area contributed by atoms with Crippen LogP contribution in [-0.4, -0.2) is 0 Å². The van der Waals surface area contributed by atoms with E-state index in [1.165, 1.54) is 16.3 Å². The van der Waals surface area contributed by atoms with E-state index in [-0.39, 0.29) is 0 Å². The predicted molar refractivity (Wildman–Crippen MR) is 78.8 cm³/mol. The molecule has 1 heteroatoms. The van der Waals surface area contributed by atoms with Crippen molar-refractivity contribution in [2.75, 3.05) is 0 Å². The van der Waals surface area contributed by atoms with Crippen LogP contribution in [-0.2, 0) is 0 Å². The fourth-order valence-corrected chi connectivity index (χ4v) is 2.50. The molecular formula is C18H13N. The van der Waals surface area contributed by atoms with Gasteiger partial charge in [-0.1, -0.05) is 54.6 Å². The molecule has 19 heavy (non-hydrogen) atoms. The number of nitrogens with zero attached hydrogens (tertiary/aromatic N) is 1. The fraction of sp³-hybridized carbons (Fsp3) is 0.0556. The number of hydrogen-bond acceptors (Lipinski definition) is 1. The zero-order chi connectivity index (χ0) is 13.2. The average Bonchev–Trinajstić information content (AvgIpc) is 2.48. The van der Waals surface area contributed by atoms with Crippen LogP contribution >= 0.6 is 0 Å². The Bertz CT molecular complexity index is 794. The second-order valence-corrected chi connectivity index (χ2v) is 4.63. The van der Waals surface area contributed by atoms with E-state index >= 15 is 0 Å². The van der Waals surface area contributed by atoms with E-state index in [0.717, 1.165) is 16.7 Å². The molecule has 0 saturated carbocycles. The average molecular weight is 243 g/mol. The van der Waals surface area contributed by atoms with Crippen LogP contribution in [0.5, 0.6) is 0 Å². The Kier molecular flexibility index (Phi) is 2.78. The van der Waals surface area contributed by atoms with Gasteiger partial charge in [-0.2, -0.15) is 5.26 Å². The molecule has 0 aliphatic rings. The van der Waals surface area contributed by atoms with E-state index < -0.39 is 0 Å². The summed E-state index contributed by atoms with van der Waals surface area (Å²) in [4.78, 5) is 0. The third-order valence-electron chi connectivity index (χ3n) is 3.48.